The van der Waals surface area contributed by atoms with E-state index in [2.05, 4.69) is 15.0 Å². The molecule has 0 aliphatic carbocycles. The summed E-state index contributed by atoms with van der Waals surface area (Å²) in [6, 6.07) is 3.48. The van der Waals surface area contributed by atoms with E-state index in [1.54, 1.807) is 26.1 Å². The average Bonchev–Trinajstić information content (AvgIpc) is 3.13. The van der Waals surface area contributed by atoms with Crippen LogP contribution in [-0.4, -0.2) is 29.4 Å². The zero-order chi connectivity index (χ0) is 16.1. The largest absolute Gasteiger partial charge is 0.467 e. The van der Waals surface area contributed by atoms with Crippen molar-refractivity contribution < 1.29 is 18.7 Å². The molecule has 2 heterocycles. The number of hydrogen-bond acceptors (Lipinski definition) is 7. The molecule has 0 spiro atoms. The second-order valence-electron chi connectivity index (χ2n) is 4.57. The van der Waals surface area contributed by atoms with Crippen LogP contribution < -0.4 is 10.6 Å². The van der Waals surface area contributed by atoms with E-state index in [1.807, 2.05) is 0 Å². The number of nitrogens with zero attached hydrogens (tertiary/aromatic N) is 1. The summed E-state index contributed by atoms with van der Waals surface area (Å²) in [6.07, 6.45) is 0.614. The summed E-state index contributed by atoms with van der Waals surface area (Å²) in [5.74, 6) is -0.338. The number of carbonyl (C=O) groups excluding carboxylic acids is 2. The Labute approximate surface area is 131 Å². The van der Waals surface area contributed by atoms with Crippen molar-refractivity contribution in [1.29, 1.82) is 0 Å². The Morgan fingerprint density at radius 3 is 2.91 bits per heavy atom. The first-order chi connectivity index (χ1) is 10.5. The Morgan fingerprint density at radius 1 is 1.50 bits per heavy atom. The van der Waals surface area contributed by atoms with Crippen LogP contribution in [0.2, 0.25) is 0 Å². The third kappa shape index (κ3) is 3.64. The van der Waals surface area contributed by atoms with Gasteiger partial charge < -0.3 is 19.8 Å². The molecule has 0 fully saturated rings. The molecule has 0 unspecified atom stereocenters. The van der Waals surface area contributed by atoms with Gasteiger partial charge in [-0.1, -0.05) is 0 Å². The summed E-state index contributed by atoms with van der Waals surface area (Å²) in [5.41, 5.74) is 0.931. The lowest BCUT2D eigenvalue weighted by atomic mass is 10.2. The number of anilines is 1. The molecule has 1 atom stereocenters. The van der Waals surface area contributed by atoms with E-state index in [0.29, 0.717) is 22.0 Å². The summed E-state index contributed by atoms with van der Waals surface area (Å²) in [5, 5.41) is 6.14. The predicted octanol–water partition coefficient (Wildman–Crippen LogP) is 1.95. The highest BCUT2D eigenvalue weighted by Gasteiger charge is 2.24. The van der Waals surface area contributed by atoms with Crippen LogP contribution in [0.4, 0.5) is 5.00 Å². The van der Waals surface area contributed by atoms with Gasteiger partial charge in [-0.3, -0.25) is 4.79 Å². The molecule has 1 amide bonds. The van der Waals surface area contributed by atoms with Crippen LogP contribution in [0.5, 0.6) is 0 Å². The van der Waals surface area contributed by atoms with Gasteiger partial charge in [0, 0.05) is 7.05 Å². The average molecular weight is 323 g/mol. The van der Waals surface area contributed by atoms with Crippen LogP contribution in [-0.2, 0) is 16.1 Å². The first-order valence-electron chi connectivity index (χ1n) is 6.68. The number of furan rings is 1. The Morgan fingerprint density at radius 2 is 2.27 bits per heavy atom. The number of amides is 1. The molecule has 118 valence electrons. The maximum Gasteiger partial charge on any atom is 0.343 e. The van der Waals surface area contributed by atoms with E-state index in [-0.39, 0.29) is 6.54 Å². The number of aromatic nitrogens is 1. The lowest BCUT2D eigenvalue weighted by Gasteiger charge is -2.13. The molecule has 8 heteroatoms. The molecule has 0 aromatic carbocycles. The molecule has 0 saturated carbocycles. The molecule has 2 aromatic rings. The van der Waals surface area contributed by atoms with Gasteiger partial charge in [0.05, 0.1) is 18.5 Å². The number of aryl methyl sites for hydroxylation is 1. The van der Waals surface area contributed by atoms with E-state index in [4.69, 9.17) is 9.15 Å². The summed E-state index contributed by atoms with van der Waals surface area (Å²) in [6.45, 7) is 3.48. The van der Waals surface area contributed by atoms with Crippen molar-refractivity contribution in [2.24, 2.45) is 0 Å². The molecule has 0 bridgehead atoms. The molecule has 0 aliphatic rings. The highest BCUT2D eigenvalue weighted by molar-refractivity contribution is 7.10. The van der Waals surface area contributed by atoms with E-state index >= 15 is 0 Å². The minimum atomic E-state index is -0.911. The maximum atomic E-state index is 12.2. The van der Waals surface area contributed by atoms with Gasteiger partial charge in [0.2, 0.25) is 0 Å². The summed E-state index contributed by atoms with van der Waals surface area (Å²) >= 11 is 1.17. The molecule has 0 saturated heterocycles. The van der Waals surface area contributed by atoms with Crippen LogP contribution in [0.15, 0.2) is 22.8 Å². The van der Waals surface area contributed by atoms with Crippen molar-refractivity contribution in [3.05, 3.63) is 35.4 Å². The topological polar surface area (TPSA) is 93.5 Å². The van der Waals surface area contributed by atoms with E-state index < -0.39 is 18.0 Å². The van der Waals surface area contributed by atoms with Gasteiger partial charge in [0.1, 0.15) is 16.3 Å². The molecular weight excluding hydrogens is 306 g/mol. The molecule has 2 aromatic heterocycles. The normalized spacial score (nSPS) is 11.8. The summed E-state index contributed by atoms with van der Waals surface area (Å²) < 4.78 is 14.4. The second kappa shape index (κ2) is 7.08. The van der Waals surface area contributed by atoms with E-state index in [0.717, 1.165) is 0 Å². The van der Waals surface area contributed by atoms with Crippen molar-refractivity contribution in [3.8, 4) is 0 Å². The van der Waals surface area contributed by atoms with Gasteiger partial charge in [-0.2, -0.15) is 4.37 Å². The van der Waals surface area contributed by atoms with Gasteiger partial charge in [-0.15, -0.1) is 0 Å². The number of ether oxygens (including phenoxy) is 1. The quantitative estimate of drug-likeness (QED) is 0.789. The molecule has 2 N–H and O–H groups in total. The first kappa shape index (κ1) is 16.0. The van der Waals surface area contributed by atoms with Gasteiger partial charge in [-0.25, -0.2) is 4.79 Å². The van der Waals surface area contributed by atoms with Crippen LogP contribution in [0, 0.1) is 6.92 Å². The van der Waals surface area contributed by atoms with E-state index in [1.165, 1.54) is 24.7 Å². The number of nitrogens with one attached hydrogen (secondary N) is 2. The lowest BCUT2D eigenvalue weighted by molar-refractivity contribution is -0.129. The second-order valence-corrected chi connectivity index (χ2v) is 5.34. The van der Waals surface area contributed by atoms with Crippen molar-refractivity contribution in [1.82, 2.24) is 9.69 Å². The molecule has 0 aliphatic heterocycles. The predicted molar refractivity (Wildman–Crippen MR) is 81.8 cm³/mol. The first-order valence-corrected chi connectivity index (χ1v) is 7.45. The fourth-order valence-electron chi connectivity index (χ4n) is 1.78. The molecule has 22 heavy (non-hydrogen) atoms. The standard InChI is InChI=1S/C14H17N3O4S/c1-8-11(13(15-3)22-17-8)14(19)21-9(2)12(18)16-7-10-5-4-6-20-10/h4-6,9,15H,7H2,1-3H3,(H,16,18)/t9-/m1/s1. The number of esters is 1. The van der Waals surface area contributed by atoms with Crippen molar-refractivity contribution >= 4 is 28.4 Å². The Balaban J connectivity index is 1.92. The zero-order valence-corrected chi connectivity index (χ0v) is 13.3. The SMILES string of the molecule is CNc1snc(C)c1C(=O)O[C@H](C)C(=O)NCc1ccco1. The Kier molecular flexibility index (Phi) is 5.16. The Hall–Kier alpha value is -2.35. The minimum absolute atomic E-state index is 0.245. The lowest BCUT2D eigenvalue weighted by Crippen LogP contribution is -2.35. The van der Waals surface area contributed by atoms with E-state index in [9.17, 15) is 9.59 Å². The molecule has 2 rings (SSSR count). The molecular formula is C14H17N3O4S. The smallest absolute Gasteiger partial charge is 0.343 e. The fourth-order valence-corrected chi connectivity index (χ4v) is 2.52. The summed E-state index contributed by atoms with van der Waals surface area (Å²) in [7, 11) is 1.70. The highest BCUT2D eigenvalue weighted by Crippen LogP contribution is 2.24. The highest BCUT2D eigenvalue weighted by atomic mass is 32.1. The number of hydrogen-bond donors (Lipinski definition) is 2. The van der Waals surface area contributed by atoms with Crippen LogP contribution in [0.1, 0.15) is 28.7 Å². The maximum absolute atomic E-state index is 12.2. The van der Waals surface area contributed by atoms with Crippen LogP contribution in [0.25, 0.3) is 0 Å². The van der Waals surface area contributed by atoms with Gasteiger partial charge >= 0.3 is 5.97 Å². The monoisotopic (exact) mass is 323 g/mol. The fraction of sp³-hybridized carbons (Fsp3) is 0.357. The third-order valence-electron chi connectivity index (χ3n) is 2.96. The van der Waals surface area contributed by atoms with Crippen molar-refractivity contribution in [2.45, 2.75) is 26.5 Å². The van der Waals surface area contributed by atoms with Gasteiger partial charge in [0.15, 0.2) is 6.10 Å². The molecule has 0 radical (unpaired) electrons. The molecule has 7 nitrogen and oxygen atoms in total. The zero-order valence-electron chi connectivity index (χ0n) is 12.5. The van der Waals surface area contributed by atoms with Crippen LogP contribution in [0.3, 0.4) is 0 Å². The van der Waals surface area contributed by atoms with Crippen molar-refractivity contribution in [2.75, 3.05) is 12.4 Å². The van der Waals surface area contributed by atoms with Crippen LogP contribution >= 0.6 is 11.5 Å². The summed E-state index contributed by atoms with van der Waals surface area (Å²) in [4.78, 5) is 24.1. The van der Waals surface area contributed by atoms with Gasteiger partial charge in [-0.05, 0) is 37.5 Å². The van der Waals surface area contributed by atoms with Crippen molar-refractivity contribution in [3.63, 3.8) is 0 Å². The number of carbonyl (C=O) groups is 2. The van der Waals surface area contributed by atoms with Gasteiger partial charge in [0.25, 0.3) is 5.91 Å². The number of rotatable bonds is 6. The minimum Gasteiger partial charge on any atom is -0.467 e. The third-order valence-corrected chi connectivity index (χ3v) is 3.92. The Bertz CT molecular complexity index is 651.